The van der Waals surface area contributed by atoms with E-state index in [1.807, 2.05) is 50.4 Å². The molecule has 0 aliphatic carbocycles. The SMILES string of the molecule is CCOc1ccc(-c2cc(-c3ccc(-c4ccc(C(C)(C)C)cc4)cc3N)ccn2)c(OCC)c1. The first kappa shape index (κ1) is 24.3. The van der Waals surface area contributed by atoms with Crippen LogP contribution in [0.5, 0.6) is 11.5 Å². The summed E-state index contributed by atoms with van der Waals surface area (Å²) in [6.07, 6.45) is 1.81. The predicted molar refractivity (Wildman–Crippen MR) is 146 cm³/mol. The number of nitrogens with zero attached hydrogens (tertiary/aromatic N) is 1. The average molecular weight is 467 g/mol. The van der Waals surface area contributed by atoms with E-state index in [-0.39, 0.29) is 5.41 Å². The lowest BCUT2D eigenvalue weighted by atomic mass is 9.86. The molecule has 35 heavy (non-hydrogen) atoms. The van der Waals surface area contributed by atoms with Crippen molar-refractivity contribution in [1.82, 2.24) is 4.98 Å². The second-order valence-electron chi connectivity index (χ2n) is 9.58. The van der Waals surface area contributed by atoms with Crippen LogP contribution in [-0.4, -0.2) is 18.2 Å². The molecule has 180 valence electrons. The molecule has 0 atom stereocenters. The van der Waals surface area contributed by atoms with Gasteiger partial charge >= 0.3 is 0 Å². The first-order chi connectivity index (χ1) is 16.8. The van der Waals surface area contributed by atoms with Gasteiger partial charge in [-0.2, -0.15) is 0 Å². The molecule has 0 aliphatic rings. The van der Waals surface area contributed by atoms with Crippen LogP contribution in [0.2, 0.25) is 0 Å². The number of nitrogen functional groups attached to an aromatic ring is 1. The van der Waals surface area contributed by atoms with Crippen molar-refractivity contribution in [2.24, 2.45) is 0 Å². The van der Waals surface area contributed by atoms with Crippen LogP contribution in [0.1, 0.15) is 40.2 Å². The summed E-state index contributed by atoms with van der Waals surface area (Å²) in [4.78, 5) is 4.61. The molecule has 4 rings (SSSR count). The highest BCUT2D eigenvalue weighted by Gasteiger charge is 2.14. The molecule has 4 aromatic rings. The van der Waals surface area contributed by atoms with Gasteiger partial charge in [0.1, 0.15) is 11.5 Å². The predicted octanol–water partition coefficient (Wildman–Crippen LogP) is 7.76. The summed E-state index contributed by atoms with van der Waals surface area (Å²) in [5.41, 5.74) is 14.7. The minimum atomic E-state index is 0.131. The fourth-order valence-electron chi connectivity index (χ4n) is 4.16. The third-order valence-electron chi connectivity index (χ3n) is 6.05. The quantitative estimate of drug-likeness (QED) is 0.283. The van der Waals surface area contributed by atoms with Crippen LogP contribution in [0, 0.1) is 0 Å². The zero-order valence-electron chi connectivity index (χ0n) is 21.3. The largest absolute Gasteiger partial charge is 0.494 e. The summed E-state index contributed by atoms with van der Waals surface area (Å²) in [7, 11) is 0. The molecule has 0 spiro atoms. The van der Waals surface area contributed by atoms with Crippen LogP contribution in [0.4, 0.5) is 5.69 Å². The first-order valence-corrected chi connectivity index (χ1v) is 12.2. The number of rotatable bonds is 7. The molecule has 1 heterocycles. The highest BCUT2D eigenvalue weighted by molar-refractivity contribution is 5.83. The van der Waals surface area contributed by atoms with Crippen molar-refractivity contribution >= 4 is 5.69 Å². The van der Waals surface area contributed by atoms with Gasteiger partial charge in [0.25, 0.3) is 0 Å². The van der Waals surface area contributed by atoms with E-state index >= 15 is 0 Å². The normalized spacial score (nSPS) is 11.3. The number of hydrogen-bond donors (Lipinski definition) is 1. The molecule has 2 N–H and O–H groups in total. The summed E-state index contributed by atoms with van der Waals surface area (Å²) in [6, 6.07) is 24.9. The Morgan fingerprint density at radius 3 is 2.06 bits per heavy atom. The monoisotopic (exact) mass is 466 g/mol. The lowest BCUT2D eigenvalue weighted by molar-refractivity contribution is 0.324. The summed E-state index contributed by atoms with van der Waals surface area (Å²) in [5, 5.41) is 0. The van der Waals surface area contributed by atoms with Gasteiger partial charge in [0, 0.05) is 29.1 Å². The summed E-state index contributed by atoms with van der Waals surface area (Å²) >= 11 is 0. The van der Waals surface area contributed by atoms with Crippen molar-refractivity contribution in [3.63, 3.8) is 0 Å². The lowest BCUT2D eigenvalue weighted by Crippen LogP contribution is -2.10. The Hall–Kier alpha value is -3.79. The summed E-state index contributed by atoms with van der Waals surface area (Å²) < 4.78 is 11.5. The molecule has 0 saturated carbocycles. The first-order valence-electron chi connectivity index (χ1n) is 12.2. The third-order valence-corrected chi connectivity index (χ3v) is 6.05. The molecule has 3 aromatic carbocycles. The van der Waals surface area contributed by atoms with Gasteiger partial charge in [0.15, 0.2) is 0 Å². The molecule has 0 unspecified atom stereocenters. The van der Waals surface area contributed by atoms with Crippen molar-refractivity contribution in [2.45, 2.75) is 40.0 Å². The van der Waals surface area contributed by atoms with Gasteiger partial charge in [-0.3, -0.25) is 4.98 Å². The molecular weight excluding hydrogens is 432 g/mol. The Balaban J connectivity index is 1.66. The molecule has 1 aromatic heterocycles. The second kappa shape index (κ2) is 10.2. The molecule has 0 bridgehead atoms. The number of pyridine rings is 1. The molecule has 0 saturated heterocycles. The maximum Gasteiger partial charge on any atom is 0.132 e. The van der Waals surface area contributed by atoms with Crippen molar-refractivity contribution in [1.29, 1.82) is 0 Å². The molecule has 0 aliphatic heterocycles. The van der Waals surface area contributed by atoms with Gasteiger partial charge in [0.05, 0.1) is 18.9 Å². The van der Waals surface area contributed by atoms with Crippen molar-refractivity contribution in [3.05, 3.63) is 84.6 Å². The number of benzene rings is 3. The van der Waals surface area contributed by atoms with Crippen LogP contribution < -0.4 is 15.2 Å². The summed E-state index contributed by atoms with van der Waals surface area (Å²) in [6.45, 7) is 11.8. The van der Waals surface area contributed by atoms with Gasteiger partial charge in [-0.25, -0.2) is 0 Å². The minimum absolute atomic E-state index is 0.131. The maximum atomic E-state index is 6.55. The van der Waals surface area contributed by atoms with Crippen molar-refractivity contribution in [2.75, 3.05) is 18.9 Å². The molecule has 0 amide bonds. The number of nitrogens with two attached hydrogens (primary N) is 1. The Labute approximate surface area is 208 Å². The maximum absolute atomic E-state index is 6.55. The van der Waals surface area contributed by atoms with Crippen LogP contribution in [0.25, 0.3) is 33.5 Å². The number of ether oxygens (including phenoxy) is 2. The summed E-state index contributed by atoms with van der Waals surface area (Å²) in [5.74, 6) is 1.54. The fourth-order valence-corrected chi connectivity index (χ4v) is 4.16. The number of anilines is 1. The Kier molecular flexibility index (Phi) is 7.11. The molecule has 4 heteroatoms. The van der Waals surface area contributed by atoms with Gasteiger partial charge in [-0.1, -0.05) is 57.2 Å². The zero-order valence-corrected chi connectivity index (χ0v) is 21.3. The van der Waals surface area contributed by atoms with E-state index in [1.165, 1.54) is 5.56 Å². The van der Waals surface area contributed by atoms with Gasteiger partial charge in [-0.05, 0) is 71.8 Å². The number of aromatic nitrogens is 1. The number of hydrogen-bond acceptors (Lipinski definition) is 4. The van der Waals surface area contributed by atoms with Crippen molar-refractivity contribution < 1.29 is 9.47 Å². The van der Waals surface area contributed by atoms with Crippen LogP contribution in [0.3, 0.4) is 0 Å². The smallest absolute Gasteiger partial charge is 0.132 e. The van der Waals surface area contributed by atoms with Gasteiger partial charge in [-0.15, -0.1) is 0 Å². The average Bonchev–Trinajstić information content (AvgIpc) is 2.84. The zero-order chi connectivity index (χ0) is 25.0. The van der Waals surface area contributed by atoms with E-state index in [0.29, 0.717) is 13.2 Å². The molecular formula is C31H34N2O2. The molecule has 0 radical (unpaired) electrons. The Morgan fingerprint density at radius 1 is 0.714 bits per heavy atom. The minimum Gasteiger partial charge on any atom is -0.494 e. The van der Waals surface area contributed by atoms with E-state index in [4.69, 9.17) is 15.2 Å². The van der Waals surface area contributed by atoms with E-state index in [9.17, 15) is 0 Å². The standard InChI is InChI=1S/C31H34N2O2/c1-6-34-25-13-15-27(30(20-25)35-7-2)29-19-23(16-17-33-29)26-14-10-22(18-28(26)32)21-8-11-24(12-9-21)31(3,4)5/h8-20H,6-7,32H2,1-5H3. The van der Waals surface area contributed by atoms with Crippen molar-refractivity contribution in [3.8, 4) is 45.0 Å². The van der Waals surface area contributed by atoms with E-state index in [1.54, 1.807) is 0 Å². The van der Waals surface area contributed by atoms with E-state index in [0.717, 1.165) is 50.7 Å². The third kappa shape index (κ3) is 5.48. The second-order valence-corrected chi connectivity index (χ2v) is 9.58. The van der Waals surface area contributed by atoms with E-state index < -0.39 is 0 Å². The Bertz CT molecular complexity index is 1300. The van der Waals surface area contributed by atoms with Gasteiger partial charge in [0.2, 0.25) is 0 Å². The van der Waals surface area contributed by atoms with Gasteiger partial charge < -0.3 is 15.2 Å². The van der Waals surface area contributed by atoms with Crippen LogP contribution in [0.15, 0.2) is 79.0 Å². The van der Waals surface area contributed by atoms with E-state index in [2.05, 4.69) is 68.2 Å². The lowest BCUT2D eigenvalue weighted by Gasteiger charge is -2.19. The highest BCUT2D eigenvalue weighted by atomic mass is 16.5. The van der Waals surface area contributed by atoms with Crippen LogP contribution in [-0.2, 0) is 5.41 Å². The fraction of sp³-hybridized carbons (Fsp3) is 0.258. The molecule has 0 fully saturated rings. The molecule has 4 nitrogen and oxygen atoms in total. The Morgan fingerprint density at radius 2 is 1.40 bits per heavy atom. The topological polar surface area (TPSA) is 57.4 Å². The van der Waals surface area contributed by atoms with Crippen LogP contribution >= 0.6 is 0 Å². The highest BCUT2D eigenvalue weighted by Crippen LogP contribution is 2.36.